The molecule has 0 fully saturated rings. The highest BCUT2D eigenvalue weighted by Crippen LogP contribution is 2.17. The van der Waals surface area contributed by atoms with Crippen molar-refractivity contribution in [1.29, 1.82) is 0 Å². The van der Waals surface area contributed by atoms with Crippen LogP contribution in [0.25, 0.3) is 0 Å². The molecule has 1 N–H and O–H groups in total. The zero-order valence-corrected chi connectivity index (χ0v) is 18.5. The van der Waals surface area contributed by atoms with Crippen molar-refractivity contribution in [1.82, 2.24) is 0 Å². The highest BCUT2D eigenvalue weighted by molar-refractivity contribution is 5.57. The highest BCUT2D eigenvalue weighted by atomic mass is 16.7. The number of ether oxygens (including phenoxy) is 1. The Morgan fingerprint density at radius 3 is 1.22 bits per heavy atom. The summed E-state index contributed by atoms with van der Waals surface area (Å²) in [5.41, 5.74) is 0. The molecule has 0 rings (SSSR count). The van der Waals surface area contributed by atoms with Gasteiger partial charge in [-0.15, -0.1) is 0 Å². The molecule has 0 radical (unpaired) electrons. The lowest BCUT2D eigenvalue weighted by molar-refractivity contribution is 0.0422. The standard InChI is InChI=1S/C24H48O3/c1-3-5-7-9-10-11-12-13-14-15-16-17-18-20-22-23(27-24(25)26)21-19-8-6-4-2/h23H,3-22H2,1-2H3,(H,25,26). The highest BCUT2D eigenvalue weighted by Gasteiger charge is 2.12. The van der Waals surface area contributed by atoms with Crippen molar-refractivity contribution in [3.63, 3.8) is 0 Å². The Balaban J connectivity index is 3.41. The van der Waals surface area contributed by atoms with Gasteiger partial charge in [-0.2, -0.15) is 0 Å². The summed E-state index contributed by atoms with van der Waals surface area (Å²) in [7, 11) is 0. The van der Waals surface area contributed by atoms with Crippen molar-refractivity contribution in [3.05, 3.63) is 0 Å². The van der Waals surface area contributed by atoms with Crippen LogP contribution in [0.5, 0.6) is 0 Å². The van der Waals surface area contributed by atoms with Crippen molar-refractivity contribution < 1.29 is 14.6 Å². The first-order valence-corrected chi connectivity index (χ1v) is 12.1. The molecule has 0 aromatic rings. The van der Waals surface area contributed by atoms with E-state index < -0.39 is 6.16 Å². The summed E-state index contributed by atoms with van der Waals surface area (Å²) < 4.78 is 5.06. The fourth-order valence-electron chi connectivity index (χ4n) is 3.77. The summed E-state index contributed by atoms with van der Waals surface area (Å²) in [6.45, 7) is 4.47. The first-order valence-electron chi connectivity index (χ1n) is 12.1. The monoisotopic (exact) mass is 384 g/mol. The summed E-state index contributed by atoms with van der Waals surface area (Å²) in [6, 6.07) is 0. The predicted molar refractivity (Wildman–Crippen MR) is 117 cm³/mol. The van der Waals surface area contributed by atoms with E-state index in [0.717, 1.165) is 25.7 Å². The molecule has 0 aliphatic heterocycles. The van der Waals surface area contributed by atoms with Gasteiger partial charge in [0.15, 0.2) is 0 Å². The molecular weight excluding hydrogens is 336 g/mol. The molecule has 0 aliphatic rings. The van der Waals surface area contributed by atoms with E-state index in [1.54, 1.807) is 0 Å². The summed E-state index contributed by atoms with van der Waals surface area (Å²) in [5, 5.41) is 8.88. The van der Waals surface area contributed by atoms with Crippen LogP contribution in [0, 0.1) is 0 Å². The molecule has 0 amide bonds. The van der Waals surface area contributed by atoms with Crippen molar-refractivity contribution in [3.8, 4) is 0 Å². The maximum atomic E-state index is 10.8. The second-order valence-electron chi connectivity index (χ2n) is 8.24. The fraction of sp³-hybridized carbons (Fsp3) is 0.958. The molecule has 27 heavy (non-hydrogen) atoms. The number of hydrogen-bond acceptors (Lipinski definition) is 2. The van der Waals surface area contributed by atoms with E-state index in [1.807, 2.05) is 0 Å². The Labute approximate surface area is 169 Å². The normalized spacial score (nSPS) is 12.2. The van der Waals surface area contributed by atoms with E-state index in [9.17, 15) is 4.79 Å². The van der Waals surface area contributed by atoms with Crippen molar-refractivity contribution in [2.75, 3.05) is 0 Å². The average molecular weight is 385 g/mol. The lowest BCUT2D eigenvalue weighted by Gasteiger charge is -2.15. The molecule has 0 saturated heterocycles. The van der Waals surface area contributed by atoms with E-state index in [0.29, 0.717) is 0 Å². The molecule has 0 saturated carbocycles. The van der Waals surface area contributed by atoms with Crippen molar-refractivity contribution >= 4 is 6.16 Å². The number of hydrogen-bond donors (Lipinski definition) is 1. The summed E-state index contributed by atoms with van der Waals surface area (Å²) in [4.78, 5) is 10.8. The van der Waals surface area contributed by atoms with Crippen LogP contribution < -0.4 is 0 Å². The third-order valence-electron chi connectivity index (χ3n) is 5.53. The lowest BCUT2D eigenvalue weighted by atomic mass is 10.0. The van der Waals surface area contributed by atoms with E-state index >= 15 is 0 Å². The first kappa shape index (κ1) is 26.3. The topological polar surface area (TPSA) is 46.5 Å². The number of unbranched alkanes of at least 4 members (excludes halogenated alkanes) is 16. The summed E-state index contributed by atoms with van der Waals surface area (Å²) >= 11 is 0. The van der Waals surface area contributed by atoms with E-state index in [2.05, 4.69) is 13.8 Å². The number of rotatable bonds is 21. The van der Waals surface area contributed by atoms with Gasteiger partial charge in [0.05, 0.1) is 0 Å². The molecule has 0 aromatic heterocycles. The minimum absolute atomic E-state index is 0.0864. The van der Waals surface area contributed by atoms with Crippen LogP contribution in [0.2, 0.25) is 0 Å². The SMILES string of the molecule is CCCCCCCCCCCCCCCCC(CCCCCC)OC(=O)O. The Kier molecular flexibility index (Phi) is 21.0. The van der Waals surface area contributed by atoms with Crippen LogP contribution in [0.4, 0.5) is 4.79 Å². The molecule has 0 heterocycles. The van der Waals surface area contributed by atoms with Gasteiger partial charge < -0.3 is 9.84 Å². The minimum atomic E-state index is -1.11. The molecule has 0 aliphatic carbocycles. The summed E-state index contributed by atoms with van der Waals surface area (Å²) in [6.07, 6.45) is 24.3. The minimum Gasteiger partial charge on any atom is -0.450 e. The van der Waals surface area contributed by atoms with E-state index in [-0.39, 0.29) is 6.10 Å². The fourth-order valence-corrected chi connectivity index (χ4v) is 3.77. The van der Waals surface area contributed by atoms with E-state index in [1.165, 1.54) is 103 Å². The van der Waals surface area contributed by atoms with Crippen LogP contribution in [-0.4, -0.2) is 17.4 Å². The van der Waals surface area contributed by atoms with Crippen molar-refractivity contribution in [2.24, 2.45) is 0 Å². The molecule has 0 bridgehead atoms. The van der Waals surface area contributed by atoms with Gasteiger partial charge in [0.1, 0.15) is 6.10 Å². The van der Waals surface area contributed by atoms with Crippen LogP contribution >= 0.6 is 0 Å². The molecule has 1 atom stereocenters. The van der Waals surface area contributed by atoms with E-state index in [4.69, 9.17) is 9.84 Å². The maximum Gasteiger partial charge on any atom is 0.506 e. The van der Waals surface area contributed by atoms with Crippen LogP contribution in [0.3, 0.4) is 0 Å². The van der Waals surface area contributed by atoms with Gasteiger partial charge >= 0.3 is 6.16 Å². The Bertz CT molecular complexity index is 304. The molecule has 3 nitrogen and oxygen atoms in total. The third kappa shape index (κ3) is 21.4. The number of carboxylic acid groups (broad SMARTS) is 1. The zero-order chi connectivity index (χ0) is 20.0. The molecule has 0 spiro atoms. The van der Waals surface area contributed by atoms with Crippen LogP contribution in [0.15, 0.2) is 0 Å². The van der Waals surface area contributed by atoms with Gasteiger partial charge in [-0.05, 0) is 25.7 Å². The van der Waals surface area contributed by atoms with Crippen molar-refractivity contribution in [2.45, 2.75) is 148 Å². The molecule has 1 unspecified atom stereocenters. The molecular formula is C24H48O3. The first-order chi connectivity index (χ1) is 13.2. The largest absolute Gasteiger partial charge is 0.506 e. The van der Waals surface area contributed by atoms with Gasteiger partial charge in [-0.3, -0.25) is 0 Å². The Morgan fingerprint density at radius 1 is 0.593 bits per heavy atom. The van der Waals surface area contributed by atoms with Crippen LogP contribution in [-0.2, 0) is 4.74 Å². The Hall–Kier alpha value is -0.730. The van der Waals surface area contributed by atoms with Gasteiger partial charge in [0, 0.05) is 0 Å². The van der Waals surface area contributed by atoms with Crippen LogP contribution in [0.1, 0.15) is 142 Å². The second kappa shape index (κ2) is 21.6. The maximum absolute atomic E-state index is 10.8. The third-order valence-corrected chi connectivity index (χ3v) is 5.53. The Morgan fingerprint density at radius 2 is 0.889 bits per heavy atom. The molecule has 162 valence electrons. The average Bonchev–Trinajstić information content (AvgIpc) is 2.64. The smallest absolute Gasteiger partial charge is 0.450 e. The molecule has 0 aromatic carbocycles. The second-order valence-corrected chi connectivity index (χ2v) is 8.24. The predicted octanol–water partition coefficient (Wildman–Crippen LogP) is 8.89. The van der Waals surface area contributed by atoms with Gasteiger partial charge in [0.25, 0.3) is 0 Å². The van der Waals surface area contributed by atoms with Gasteiger partial charge in [-0.25, -0.2) is 4.79 Å². The van der Waals surface area contributed by atoms with Gasteiger partial charge in [0.2, 0.25) is 0 Å². The zero-order valence-electron chi connectivity index (χ0n) is 18.5. The lowest BCUT2D eigenvalue weighted by Crippen LogP contribution is -2.16. The summed E-state index contributed by atoms with van der Waals surface area (Å²) in [5.74, 6) is 0. The van der Waals surface area contributed by atoms with Gasteiger partial charge in [-0.1, -0.05) is 117 Å². The quantitative estimate of drug-likeness (QED) is 0.159. The number of carbonyl (C=O) groups is 1. The molecule has 3 heteroatoms.